The van der Waals surface area contributed by atoms with Crippen molar-refractivity contribution in [3.05, 3.63) is 0 Å². The molecule has 0 bridgehead atoms. The maximum absolute atomic E-state index is 13.6. The highest BCUT2D eigenvalue weighted by Gasteiger charge is 2.50. The molecule has 92 heavy (non-hydrogen) atoms. The van der Waals surface area contributed by atoms with Crippen LogP contribution in [0.4, 0.5) is 19.2 Å². The summed E-state index contributed by atoms with van der Waals surface area (Å²) in [6.45, 7) is 9.11. The smallest absolute Gasteiger partial charge is 0.407 e. The number of carbonyl (C=O) groups is 14. The SMILES string of the molecule is CC(=O)OCC(OC(=O)CCCCCNC(=O)N(CCCCCCNC(=O)OC(COC(C)=O)[C@H]1OC[C@H](OC(C)=O)[C@H]1OC(C)=O)C(=O)NCCCCCCNC(=O)OC(COC(C)=O)[C@@H]1O[C@@H](OC(C)=O)C[C@@H]1OC(C)=O)[C@H]1OC[C@H](OC(C)=O)[C@H]1OC(C)=O. The second-order valence-electron chi connectivity index (χ2n) is 21.5. The van der Waals surface area contributed by atoms with Crippen LogP contribution >= 0.6 is 0 Å². The highest BCUT2D eigenvalue weighted by atomic mass is 16.7. The van der Waals surface area contributed by atoms with E-state index in [1.807, 2.05) is 0 Å². The lowest BCUT2D eigenvalue weighted by molar-refractivity contribution is -0.186. The van der Waals surface area contributed by atoms with Crippen LogP contribution in [0.1, 0.15) is 146 Å². The second kappa shape index (κ2) is 42.1. The third-order valence-corrected chi connectivity index (χ3v) is 13.5. The Hall–Kier alpha value is -8.14. The molecule has 0 aromatic carbocycles. The van der Waals surface area contributed by atoms with Gasteiger partial charge in [0.05, 0.1) is 19.6 Å². The van der Waals surface area contributed by atoms with Crippen molar-refractivity contribution in [2.45, 2.75) is 219 Å². The number of carbonyl (C=O) groups excluding carboxylic acids is 14. The molecule has 3 heterocycles. The van der Waals surface area contributed by atoms with E-state index in [9.17, 15) is 67.1 Å². The molecule has 4 N–H and O–H groups in total. The lowest BCUT2D eigenvalue weighted by Gasteiger charge is -2.28. The van der Waals surface area contributed by atoms with Crippen molar-refractivity contribution in [1.29, 1.82) is 0 Å². The molecule has 3 fully saturated rings. The van der Waals surface area contributed by atoms with Gasteiger partial charge in [-0.1, -0.05) is 32.1 Å². The van der Waals surface area contributed by atoms with Crippen molar-refractivity contribution in [1.82, 2.24) is 26.2 Å². The highest BCUT2D eigenvalue weighted by Crippen LogP contribution is 2.30. The molecule has 0 saturated carbocycles. The molecule has 3 unspecified atom stereocenters. The van der Waals surface area contributed by atoms with Crippen LogP contribution in [0, 0.1) is 0 Å². The molecule has 0 aromatic rings. The minimum atomic E-state index is -1.27. The number of nitrogens with zero attached hydrogens (tertiary/aromatic N) is 1. The summed E-state index contributed by atoms with van der Waals surface area (Å²) in [5.41, 5.74) is 0. The molecule has 3 rings (SSSR count). The first-order valence-corrected chi connectivity index (χ1v) is 30.4. The van der Waals surface area contributed by atoms with Gasteiger partial charge in [0.15, 0.2) is 42.7 Å². The van der Waals surface area contributed by atoms with E-state index in [0.29, 0.717) is 64.2 Å². The number of hydrogen-bond acceptors (Lipinski definition) is 29. The van der Waals surface area contributed by atoms with Crippen LogP contribution in [-0.2, 0) is 119 Å². The topological polar surface area (TPSA) is 429 Å². The maximum Gasteiger partial charge on any atom is 0.407 e. The minimum absolute atomic E-state index is 0.0112. The molecule has 3 saturated heterocycles. The molecule has 34 heteroatoms. The number of rotatable bonds is 38. The molecule has 0 aromatic heterocycles. The Bertz CT molecular complexity index is 2480. The summed E-state index contributed by atoms with van der Waals surface area (Å²) in [6.07, 6.45) is -10.7. The Balaban J connectivity index is 1.55. The summed E-state index contributed by atoms with van der Waals surface area (Å²) in [6, 6.07) is -1.38. The second-order valence-corrected chi connectivity index (χ2v) is 21.5. The number of nitrogens with one attached hydrogen (secondary N) is 4. The van der Waals surface area contributed by atoms with Gasteiger partial charge in [0, 0.05) is 101 Å². The van der Waals surface area contributed by atoms with Crippen LogP contribution in [0.3, 0.4) is 0 Å². The van der Waals surface area contributed by atoms with Gasteiger partial charge in [0.2, 0.25) is 6.29 Å². The van der Waals surface area contributed by atoms with Gasteiger partial charge in [0.25, 0.3) is 0 Å². The molecule has 520 valence electrons. The number of hydrogen-bond donors (Lipinski definition) is 4. The van der Waals surface area contributed by atoms with E-state index in [1.165, 1.54) is 0 Å². The van der Waals surface area contributed by atoms with Crippen LogP contribution in [0.2, 0.25) is 0 Å². The quantitative estimate of drug-likeness (QED) is 0.0391. The van der Waals surface area contributed by atoms with E-state index in [2.05, 4.69) is 21.3 Å². The zero-order chi connectivity index (χ0) is 68.3. The zero-order valence-electron chi connectivity index (χ0n) is 53.5. The van der Waals surface area contributed by atoms with Crippen molar-refractivity contribution in [2.75, 3.05) is 65.8 Å². The van der Waals surface area contributed by atoms with Crippen molar-refractivity contribution in [3.8, 4) is 0 Å². The third kappa shape index (κ3) is 31.3. The lowest BCUT2D eigenvalue weighted by atomic mass is 10.1. The van der Waals surface area contributed by atoms with Crippen molar-refractivity contribution in [2.24, 2.45) is 0 Å². The van der Waals surface area contributed by atoms with E-state index in [0.717, 1.165) is 67.2 Å². The van der Waals surface area contributed by atoms with Crippen LogP contribution in [0.5, 0.6) is 0 Å². The molecular weight excluding hydrogens is 1230 g/mol. The molecule has 0 spiro atoms. The average molecular weight is 1320 g/mol. The monoisotopic (exact) mass is 1320 g/mol. The van der Waals surface area contributed by atoms with Gasteiger partial charge in [-0.25, -0.2) is 24.1 Å². The van der Waals surface area contributed by atoms with E-state index >= 15 is 0 Å². The fourth-order valence-electron chi connectivity index (χ4n) is 9.66. The molecule has 12 atom stereocenters. The third-order valence-electron chi connectivity index (χ3n) is 13.5. The standard InChI is InChI=1S/C58H89N5O29/c1-33(64)78-28-43(50-42(83-36(4)67)27-49(92-50)86-39(7)70)90-57(76)61-24-17-11-10-16-22-59-55(74)63(26-20-13-12-18-25-62-58(77)91-45(30-80-35(3)66)52-54(88-41(9)72)47(32-82-52)85-38(6)69)56(75)60-23-19-14-15-21-48(73)89-44(29-79-34(2)65)51-53(87-40(8)71)46(31-81-51)84-37(5)68/h42-47,49-54H,10-32H2,1-9H3,(H,59,74)(H,60,75)(H,61,76)(H,62,77)/t42-,43?,44?,45?,46-,47-,49+,50+,51+,52+,53+,54+/m0/s1. The minimum Gasteiger partial charge on any atom is -0.462 e. The van der Waals surface area contributed by atoms with Crippen molar-refractivity contribution in [3.63, 3.8) is 0 Å². The first-order valence-electron chi connectivity index (χ1n) is 30.4. The van der Waals surface area contributed by atoms with Crippen molar-refractivity contribution < 1.29 is 138 Å². The summed E-state index contributed by atoms with van der Waals surface area (Å²) >= 11 is 0. The van der Waals surface area contributed by atoms with Gasteiger partial charge in [-0.3, -0.25) is 47.9 Å². The number of urea groups is 2. The summed E-state index contributed by atoms with van der Waals surface area (Å²) in [4.78, 5) is 173. The van der Waals surface area contributed by atoms with Gasteiger partial charge in [-0.15, -0.1) is 0 Å². The maximum atomic E-state index is 13.6. The fraction of sp³-hybridized carbons (Fsp3) is 0.759. The molecular formula is C58H89N5O29. The average Bonchev–Trinajstić information content (AvgIpc) is 1.70. The van der Waals surface area contributed by atoms with Gasteiger partial charge in [0.1, 0.15) is 44.2 Å². The van der Waals surface area contributed by atoms with Crippen LogP contribution < -0.4 is 21.3 Å². The van der Waals surface area contributed by atoms with Crippen LogP contribution in [0.15, 0.2) is 0 Å². The Labute approximate surface area is 531 Å². The van der Waals surface area contributed by atoms with Crippen LogP contribution in [-0.4, -0.2) is 228 Å². The van der Waals surface area contributed by atoms with E-state index in [1.54, 1.807) is 0 Å². The zero-order valence-corrected chi connectivity index (χ0v) is 53.5. The Morgan fingerprint density at radius 2 is 0.750 bits per heavy atom. The predicted molar refractivity (Wildman–Crippen MR) is 308 cm³/mol. The number of alkyl carbamates (subject to hydrolysis) is 2. The fourth-order valence-corrected chi connectivity index (χ4v) is 9.66. The molecule has 0 radical (unpaired) electrons. The molecule has 34 nitrogen and oxygen atoms in total. The van der Waals surface area contributed by atoms with Gasteiger partial charge in [-0.2, -0.15) is 0 Å². The Morgan fingerprint density at radius 1 is 0.391 bits per heavy atom. The molecule has 3 aliphatic heterocycles. The van der Waals surface area contributed by atoms with Gasteiger partial charge >= 0.3 is 83.9 Å². The van der Waals surface area contributed by atoms with Gasteiger partial charge < -0.3 is 92.3 Å². The lowest BCUT2D eigenvalue weighted by Crippen LogP contribution is -2.49. The Kier molecular flexibility index (Phi) is 35.7. The largest absolute Gasteiger partial charge is 0.462 e. The van der Waals surface area contributed by atoms with Gasteiger partial charge in [-0.05, 0) is 38.5 Å². The molecule has 0 aliphatic carbocycles. The number of unbranched alkanes of at least 4 members (excludes halogenated alkanes) is 8. The normalized spacial score (nSPS) is 21.4. The number of esters is 10. The Morgan fingerprint density at radius 3 is 1.15 bits per heavy atom. The van der Waals surface area contributed by atoms with E-state index < -0.39 is 177 Å². The summed E-state index contributed by atoms with van der Waals surface area (Å²) < 4.78 is 80.6. The molecule has 6 amide bonds. The van der Waals surface area contributed by atoms with Crippen molar-refractivity contribution >= 4 is 83.9 Å². The summed E-state index contributed by atoms with van der Waals surface area (Å²) in [5.74, 6) is -6.89. The van der Waals surface area contributed by atoms with E-state index in [4.69, 9.17) is 71.1 Å². The highest BCUT2D eigenvalue weighted by molar-refractivity contribution is 5.93. The van der Waals surface area contributed by atoms with Crippen LogP contribution in [0.25, 0.3) is 0 Å². The number of amides is 6. The number of ether oxygens (including phenoxy) is 15. The first-order chi connectivity index (χ1) is 43.6. The first kappa shape index (κ1) is 78.1. The van der Waals surface area contributed by atoms with E-state index in [-0.39, 0.29) is 65.2 Å². The molecule has 3 aliphatic rings. The number of imide groups is 1. The summed E-state index contributed by atoms with van der Waals surface area (Å²) in [7, 11) is 0. The predicted octanol–water partition coefficient (Wildman–Crippen LogP) is 2.31. The summed E-state index contributed by atoms with van der Waals surface area (Å²) in [5, 5.41) is 10.7.